The molecule has 1 heterocycles. The average molecular weight is 819 g/mol. The van der Waals surface area contributed by atoms with Crippen molar-refractivity contribution >= 4 is 33.9 Å². The fraction of sp³-hybridized carbons (Fsp3) is 0.255. The zero-order valence-electron chi connectivity index (χ0n) is 33.6. The molecule has 3 atom stereocenters. The molecule has 1 aliphatic rings. The molecule has 6 aromatic carbocycles. The monoisotopic (exact) mass is 818 g/mol. The Morgan fingerprint density at radius 3 is 1.69 bits per heavy atom. The first-order valence-corrected chi connectivity index (χ1v) is 21.8. The number of hydrogen-bond acceptors (Lipinski definition) is 9. The van der Waals surface area contributed by atoms with Gasteiger partial charge in [-0.3, -0.25) is 0 Å². The van der Waals surface area contributed by atoms with E-state index in [1.54, 1.807) is 20.3 Å². The lowest BCUT2D eigenvalue weighted by atomic mass is 9.88. The maximum atomic E-state index is 13.6. The van der Waals surface area contributed by atoms with Crippen LogP contribution in [-0.4, -0.2) is 20.2 Å². The number of benzene rings is 6. The van der Waals surface area contributed by atoms with Gasteiger partial charge >= 0.3 is 23.2 Å². The lowest BCUT2D eigenvalue weighted by Gasteiger charge is -2.28. The summed E-state index contributed by atoms with van der Waals surface area (Å²) in [7, 11) is -1.04. The molecular formula is C47H48O9P2. The normalized spacial score (nSPS) is 14.5. The van der Waals surface area contributed by atoms with Crippen molar-refractivity contribution < 1.29 is 41.4 Å². The summed E-state index contributed by atoms with van der Waals surface area (Å²) in [6.45, 7) is 8.63. The van der Waals surface area contributed by atoms with E-state index in [1.165, 1.54) is 0 Å². The first-order valence-electron chi connectivity index (χ1n) is 19.6. The smallest absolute Gasteiger partial charge is 0.497 e. The summed E-state index contributed by atoms with van der Waals surface area (Å²) in [5.41, 5.74) is 3.40. The van der Waals surface area contributed by atoms with E-state index in [4.69, 9.17) is 36.6 Å². The van der Waals surface area contributed by atoms with Gasteiger partial charge in [0.15, 0.2) is 5.75 Å². The van der Waals surface area contributed by atoms with Crippen LogP contribution in [0.5, 0.6) is 40.2 Å². The van der Waals surface area contributed by atoms with Crippen LogP contribution in [0.4, 0.5) is 0 Å². The Balaban J connectivity index is 1.42. The van der Waals surface area contributed by atoms with Crippen LogP contribution in [0.2, 0.25) is 0 Å². The first-order chi connectivity index (χ1) is 28.3. The van der Waals surface area contributed by atoms with Crippen LogP contribution in [0.25, 0.3) is 21.9 Å². The van der Waals surface area contributed by atoms with Crippen molar-refractivity contribution in [2.45, 2.75) is 65.2 Å². The van der Waals surface area contributed by atoms with Gasteiger partial charge in [-0.1, -0.05) is 107 Å². The molecule has 0 N–H and O–H groups in total. The molecule has 0 spiro atoms. The molecular weight excluding hydrogens is 770 g/mol. The third-order valence-electron chi connectivity index (χ3n) is 10.0. The van der Waals surface area contributed by atoms with E-state index in [1.807, 2.05) is 115 Å². The van der Waals surface area contributed by atoms with E-state index in [2.05, 4.69) is 27.7 Å². The van der Waals surface area contributed by atoms with Crippen LogP contribution in [0, 0.1) is 0 Å². The molecule has 1 aliphatic heterocycles. The molecule has 0 radical (unpaired) electrons. The molecule has 11 heteroatoms. The topological polar surface area (TPSA) is 90.9 Å². The molecule has 3 unspecified atom stereocenters. The largest absolute Gasteiger partial charge is 0.532 e. The highest BCUT2D eigenvalue weighted by molar-refractivity contribution is 7.43. The minimum atomic E-state index is -2.26. The Morgan fingerprint density at radius 2 is 1.12 bits per heavy atom. The maximum Gasteiger partial charge on any atom is 0.532 e. The fourth-order valence-corrected chi connectivity index (χ4v) is 9.18. The standard InChI is InChI=1S/C47H48O9P2/c1-7-17-31(3)40-27-36(49-5)29-42(45(40)54-57(51-34-20-11-9-12-21-34)52-35-22-13-10-14-23-35)43-30-37(50-6)28-41(32(4)18-8-2)46(43)55-58-53-44-38-24-16-15-19-33(38)25-26-39(44)47(48)56-58/h9-16,19-32H,7-8,17-18H2,1-6H3. The Hall–Kier alpha value is -5.49. The van der Waals surface area contributed by atoms with Gasteiger partial charge in [0, 0.05) is 27.6 Å². The number of carbonyl (C=O) groups excluding carboxylic acids is 1. The van der Waals surface area contributed by atoms with Gasteiger partial charge in [-0.05, 0) is 84.7 Å². The lowest BCUT2D eigenvalue weighted by Crippen LogP contribution is -2.16. The molecule has 0 aromatic heterocycles. The third-order valence-corrected chi connectivity index (χ3v) is 12.1. The summed E-state index contributed by atoms with van der Waals surface area (Å²) in [5, 5.41) is 1.73. The van der Waals surface area contributed by atoms with Crippen molar-refractivity contribution in [3.05, 3.63) is 138 Å². The minimum Gasteiger partial charge on any atom is -0.497 e. The second-order valence-electron chi connectivity index (χ2n) is 14.1. The van der Waals surface area contributed by atoms with Crippen LogP contribution >= 0.6 is 17.2 Å². The third kappa shape index (κ3) is 9.12. The summed E-state index contributed by atoms with van der Waals surface area (Å²) in [4.78, 5) is 13.6. The highest BCUT2D eigenvalue weighted by Crippen LogP contribution is 2.57. The average Bonchev–Trinajstić information content (AvgIpc) is 3.24. The van der Waals surface area contributed by atoms with Crippen LogP contribution < -0.4 is 32.1 Å². The van der Waals surface area contributed by atoms with Crippen molar-refractivity contribution in [3.8, 4) is 51.4 Å². The quantitative estimate of drug-likeness (QED) is 0.0834. The molecule has 58 heavy (non-hydrogen) atoms. The van der Waals surface area contributed by atoms with E-state index < -0.39 is 23.2 Å². The number of fused-ring (bicyclic) bond motifs is 3. The lowest BCUT2D eigenvalue weighted by molar-refractivity contribution is 0.0698. The molecule has 0 saturated heterocycles. The molecule has 9 nitrogen and oxygen atoms in total. The SMILES string of the molecule is CCCC(C)c1cc(OC)cc(-c2cc(OC)cc(C(C)CCC)c2OP2OC(=O)c3ccc4ccccc4c3O2)c1OP(Oc1ccccc1)Oc1ccccc1. The maximum absolute atomic E-state index is 13.6. The van der Waals surface area contributed by atoms with Gasteiger partial charge < -0.3 is 36.6 Å². The second-order valence-corrected chi connectivity index (χ2v) is 16.1. The predicted octanol–water partition coefficient (Wildman–Crippen LogP) is 13.9. The van der Waals surface area contributed by atoms with Gasteiger partial charge in [0.25, 0.3) is 0 Å². The van der Waals surface area contributed by atoms with Gasteiger partial charge in [-0.15, -0.1) is 0 Å². The van der Waals surface area contributed by atoms with Crippen molar-refractivity contribution in [1.82, 2.24) is 0 Å². The Labute approximate surface area is 343 Å². The molecule has 7 rings (SSSR count). The number of para-hydroxylation sites is 2. The highest BCUT2D eigenvalue weighted by atomic mass is 31.2. The Morgan fingerprint density at radius 1 is 0.586 bits per heavy atom. The number of rotatable bonds is 17. The van der Waals surface area contributed by atoms with Gasteiger partial charge in [-0.2, -0.15) is 0 Å². The zero-order valence-corrected chi connectivity index (χ0v) is 35.4. The van der Waals surface area contributed by atoms with Crippen LogP contribution in [-0.2, 0) is 4.52 Å². The number of methoxy groups -OCH3 is 2. The van der Waals surface area contributed by atoms with Crippen molar-refractivity contribution in [2.75, 3.05) is 14.2 Å². The molecule has 0 aliphatic carbocycles. The van der Waals surface area contributed by atoms with Crippen LogP contribution in [0.15, 0.2) is 121 Å². The van der Waals surface area contributed by atoms with E-state index in [9.17, 15) is 4.79 Å². The minimum absolute atomic E-state index is 0.0193. The summed E-state index contributed by atoms with van der Waals surface area (Å²) >= 11 is 0. The number of carbonyl (C=O) groups is 1. The van der Waals surface area contributed by atoms with Crippen molar-refractivity contribution in [1.29, 1.82) is 0 Å². The van der Waals surface area contributed by atoms with Gasteiger partial charge in [0.2, 0.25) is 0 Å². The van der Waals surface area contributed by atoms with Crippen molar-refractivity contribution in [3.63, 3.8) is 0 Å². The summed E-state index contributed by atoms with van der Waals surface area (Å²) in [6, 6.07) is 38.2. The Kier molecular flexibility index (Phi) is 13.2. The fourth-order valence-electron chi connectivity index (χ4n) is 7.09. The number of ether oxygens (including phenoxy) is 2. The number of hydrogen-bond donors (Lipinski definition) is 0. The molecule has 6 aromatic rings. The molecule has 0 saturated carbocycles. The van der Waals surface area contributed by atoms with E-state index >= 15 is 0 Å². The molecule has 0 bridgehead atoms. The van der Waals surface area contributed by atoms with Crippen LogP contribution in [0.3, 0.4) is 0 Å². The molecule has 0 amide bonds. The summed E-state index contributed by atoms with van der Waals surface area (Å²) in [6.07, 6.45) is 3.61. The van der Waals surface area contributed by atoms with Gasteiger partial charge in [-0.25, -0.2) is 4.79 Å². The van der Waals surface area contributed by atoms with Crippen LogP contribution in [0.1, 0.15) is 86.7 Å². The first kappa shape index (κ1) is 40.7. The van der Waals surface area contributed by atoms with Gasteiger partial charge in [0.1, 0.15) is 40.1 Å². The Bertz CT molecular complexity index is 2300. The molecule has 0 fully saturated rings. The predicted molar refractivity (Wildman–Crippen MR) is 231 cm³/mol. The van der Waals surface area contributed by atoms with Gasteiger partial charge in [0.05, 0.1) is 14.2 Å². The van der Waals surface area contributed by atoms with E-state index in [-0.39, 0.29) is 11.8 Å². The summed E-state index contributed by atoms with van der Waals surface area (Å²) < 4.78 is 51.3. The van der Waals surface area contributed by atoms with E-state index in [0.717, 1.165) is 47.6 Å². The van der Waals surface area contributed by atoms with E-state index in [0.29, 0.717) is 56.9 Å². The zero-order chi connectivity index (χ0) is 40.6. The second kappa shape index (κ2) is 18.8. The summed E-state index contributed by atoms with van der Waals surface area (Å²) in [5.74, 6) is 3.43. The van der Waals surface area contributed by atoms with Crippen molar-refractivity contribution in [2.24, 2.45) is 0 Å². The molecule has 300 valence electrons. The highest BCUT2D eigenvalue weighted by Gasteiger charge is 2.37.